The monoisotopic (exact) mass is 281 g/mol. The smallest absolute Gasteiger partial charge is 0.264 e. The van der Waals surface area contributed by atoms with E-state index in [4.69, 9.17) is 0 Å². The standard InChI is InChI=1S/C15H23NO2S/c1-4-16(10-15(2,3)18)14(17)13-9-11-7-5-6-8-12(11)19-13/h9,18H,4-8,10H2,1-3H3. The number of hydrogen-bond acceptors (Lipinski definition) is 3. The molecule has 0 fully saturated rings. The average Bonchev–Trinajstić information content (AvgIpc) is 2.77. The number of carbonyl (C=O) groups is 1. The molecule has 0 aromatic carbocycles. The van der Waals surface area contributed by atoms with Gasteiger partial charge in [-0.2, -0.15) is 0 Å². The maximum Gasteiger partial charge on any atom is 0.264 e. The molecule has 0 saturated carbocycles. The maximum atomic E-state index is 12.5. The minimum absolute atomic E-state index is 0.0593. The molecule has 4 heteroatoms. The van der Waals surface area contributed by atoms with E-state index >= 15 is 0 Å². The molecule has 0 atom stereocenters. The van der Waals surface area contributed by atoms with Crippen LogP contribution in [0.2, 0.25) is 0 Å². The number of fused-ring (bicyclic) bond motifs is 1. The van der Waals surface area contributed by atoms with Crippen molar-refractivity contribution in [3.63, 3.8) is 0 Å². The van der Waals surface area contributed by atoms with Gasteiger partial charge in [-0.1, -0.05) is 0 Å². The highest BCUT2D eigenvalue weighted by molar-refractivity contribution is 7.14. The second-order valence-corrected chi connectivity index (χ2v) is 7.03. The number of aryl methyl sites for hydroxylation is 2. The number of likely N-dealkylation sites (N-methyl/N-ethyl adjacent to an activating group) is 1. The van der Waals surface area contributed by atoms with Crippen molar-refractivity contribution in [2.45, 2.75) is 52.1 Å². The lowest BCUT2D eigenvalue weighted by atomic mass is 9.99. The molecule has 0 spiro atoms. The van der Waals surface area contributed by atoms with Gasteiger partial charge >= 0.3 is 0 Å². The molecule has 0 aliphatic heterocycles. The van der Waals surface area contributed by atoms with Gasteiger partial charge in [-0.3, -0.25) is 4.79 Å². The zero-order valence-electron chi connectivity index (χ0n) is 12.0. The highest BCUT2D eigenvalue weighted by Crippen LogP contribution is 2.30. The summed E-state index contributed by atoms with van der Waals surface area (Å²) in [6.45, 7) is 6.44. The van der Waals surface area contributed by atoms with Crippen LogP contribution >= 0.6 is 11.3 Å². The highest BCUT2D eigenvalue weighted by atomic mass is 32.1. The predicted molar refractivity (Wildman–Crippen MR) is 78.8 cm³/mol. The Hall–Kier alpha value is -0.870. The molecule has 0 saturated heterocycles. The second kappa shape index (κ2) is 5.63. The Morgan fingerprint density at radius 1 is 1.42 bits per heavy atom. The summed E-state index contributed by atoms with van der Waals surface area (Å²) in [6.07, 6.45) is 4.70. The number of amides is 1. The Balaban J connectivity index is 2.15. The summed E-state index contributed by atoms with van der Waals surface area (Å²) in [7, 11) is 0. The van der Waals surface area contributed by atoms with E-state index in [0.717, 1.165) is 17.7 Å². The fraction of sp³-hybridized carbons (Fsp3) is 0.667. The van der Waals surface area contributed by atoms with E-state index in [0.29, 0.717) is 13.1 Å². The zero-order valence-corrected chi connectivity index (χ0v) is 12.8. The molecule has 1 N–H and O–H groups in total. The largest absolute Gasteiger partial charge is 0.389 e. The van der Waals surface area contributed by atoms with E-state index in [1.165, 1.54) is 23.3 Å². The molecule has 0 radical (unpaired) electrons. The van der Waals surface area contributed by atoms with Gasteiger partial charge in [0.1, 0.15) is 0 Å². The van der Waals surface area contributed by atoms with Gasteiger partial charge in [-0.05, 0) is 58.1 Å². The van der Waals surface area contributed by atoms with Crippen molar-refractivity contribution in [1.82, 2.24) is 4.90 Å². The molecule has 2 rings (SSSR count). The molecule has 0 bridgehead atoms. The first kappa shape index (κ1) is 14.5. The third kappa shape index (κ3) is 3.57. The lowest BCUT2D eigenvalue weighted by molar-refractivity contribution is 0.0317. The molecular weight excluding hydrogens is 258 g/mol. The van der Waals surface area contributed by atoms with Crippen LogP contribution in [-0.2, 0) is 12.8 Å². The van der Waals surface area contributed by atoms with Crippen LogP contribution in [0.5, 0.6) is 0 Å². The molecule has 1 aliphatic rings. The van der Waals surface area contributed by atoms with Gasteiger partial charge in [0.2, 0.25) is 0 Å². The first-order valence-corrected chi connectivity index (χ1v) is 7.85. The minimum Gasteiger partial charge on any atom is -0.389 e. The van der Waals surface area contributed by atoms with Crippen LogP contribution in [0.1, 0.15) is 53.7 Å². The first-order valence-electron chi connectivity index (χ1n) is 7.04. The topological polar surface area (TPSA) is 40.5 Å². The molecule has 1 aliphatic carbocycles. The van der Waals surface area contributed by atoms with Crippen molar-refractivity contribution >= 4 is 17.2 Å². The quantitative estimate of drug-likeness (QED) is 0.922. The Kier molecular flexibility index (Phi) is 4.31. The van der Waals surface area contributed by atoms with Crippen molar-refractivity contribution in [2.24, 2.45) is 0 Å². The summed E-state index contributed by atoms with van der Waals surface area (Å²) in [4.78, 5) is 16.4. The molecule has 106 valence electrons. The van der Waals surface area contributed by atoms with Crippen molar-refractivity contribution in [2.75, 3.05) is 13.1 Å². The molecule has 1 aromatic heterocycles. The summed E-state index contributed by atoms with van der Waals surface area (Å²) in [5.74, 6) is 0.0593. The second-order valence-electron chi connectivity index (χ2n) is 5.90. The van der Waals surface area contributed by atoms with Gasteiger partial charge in [0, 0.05) is 18.0 Å². The average molecular weight is 281 g/mol. The fourth-order valence-electron chi connectivity index (χ4n) is 2.55. The molecule has 3 nitrogen and oxygen atoms in total. The van der Waals surface area contributed by atoms with Crippen LogP contribution in [0.15, 0.2) is 6.07 Å². The van der Waals surface area contributed by atoms with Crippen LogP contribution < -0.4 is 0 Å². The SMILES string of the molecule is CCN(CC(C)(C)O)C(=O)c1cc2c(s1)CCCC2. The van der Waals surface area contributed by atoms with Crippen LogP contribution in [0, 0.1) is 0 Å². The Morgan fingerprint density at radius 2 is 2.11 bits per heavy atom. The van der Waals surface area contributed by atoms with Crippen LogP contribution in [-0.4, -0.2) is 34.6 Å². The number of rotatable bonds is 4. The Morgan fingerprint density at radius 3 is 2.68 bits per heavy atom. The summed E-state index contributed by atoms with van der Waals surface area (Å²) >= 11 is 1.64. The summed E-state index contributed by atoms with van der Waals surface area (Å²) in [5.41, 5.74) is 0.515. The maximum absolute atomic E-state index is 12.5. The van der Waals surface area contributed by atoms with E-state index in [1.54, 1.807) is 30.1 Å². The normalized spacial score (nSPS) is 15.2. The first-order chi connectivity index (χ1) is 8.90. The van der Waals surface area contributed by atoms with Gasteiger partial charge in [0.25, 0.3) is 5.91 Å². The number of thiophene rings is 1. The van der Waals surface area contributed by atoms with Crippen molar-refractivity contribution in [3.8, 4) is 0 Å². The predicted octanol–water partition coefficient (Wildman–Crippen LogP) is 2.86. The number of hydrogen-bond donors (Lipinski definition) is 1. The van der Waals surface area contributed by atoms with Crippen LogP contribution in [0.4, 0.5) is 0 Å². The van der Waals surface area contributed by atoms with Crippen LogP contribution in [0.3, 0.4) is 0 Å². The van der Waals surface area contributed by atoms with Crippen molar-refractivity contribution in [1.29, 1.82) is 0 Å². The van der Waals surface area contributed by atoms with Crippen molar-refractivity contribution < 1.29 is 9.90 Å². The Bertz CT molecular complexity index is 436. The van der Waals surface area contributed by atoms with Crippen molar-refractivity contribution in [3.05, 3.63) is 21.4 Å². The van der Waals surface area contributed by atoms with E-state index in [2.05, 4.69) is 6.07 Å². The third-order valence-corrected chi connectivity index (χ3v) is 4.68. The van der Waals surface area contributed by atoms with Crippen LogP contribution in [0.25, 0.3) is 0 Å². The molecule has 1 amide bonds. The fourth-order valence-corrected chi connectivity index (χ4v) is 3.77. The van der Waals surface area contributed by atoms with Gasteiger partial charge in [-0.25, -0.2) is 0 Å². The van der Waals surface area contributed by atoms with E-state index in [1.807, 2.05) is 6.92 Å². The molecule has 1 heterocycles. The van der Waals surface area contributed by atoms with E-state index in [-0.39, 0.29) is 5.91 Å². The lowest BCUT2D eigenvalue weighted by Gasteiger charge is -2.27. The number of carbonyl (C=O) groups excluding carboxylic acids is 1. The lowest BCUT2D eigenvalue weighted by Crippen LogP contribution is -2.41. The van der Waals surface area contributed by atoms with Gasteiger partial charge in [0.05, 0.1) is 10.5 Å². The summed E-state index contributed by atoms with van der Waals surface area (Å²) < 4.78 is 0. The van der Waals surface area contributed by atoms with Gasteiger partial charge < -0.3 is 10.0 Å². The number of aliphatic hydroxyl groups is 1. The highest BCUT2D eigenvalue weighted by Gasteiger charge is 2.24. The molecular formula is C15H23NO2S. The van der Waals surface area contributed by atoms with E-state index < -0.39 is 5.60 Å². The summed E-state index contributed by atoms with van der Waals surface area (Å²) in [6, 6.07) is 2.06. The molecule has 1 aromatic rings. The number of nitrogens with zero attached hydrogens (tertiary/aromatic N) is 1. The Labute approximate surface area is 119 Å². The van der Waals surface area contributed by atoms with E-state index in [9.17, 15) is 9.90 Å². The van der Waals surface area contributed by atoms with Gasteiger partial charge in [0.15, 0.2) is 0 Å². The zero-order chi connectivity index (χ0) is 14.0. The minimum atomic E-state index is -0.845. The third-order valence-electron chi connectivity index (χ3n) is 3.45. The summed E-state index contributed by atoms with van der Waals surface area (Å²) in [5, 5.41) is 9.89. The van der Waals surface area contributed by atoms with Gasteiger partial charge in [-0.15, -0.1) is 11.3 Å². The molecule has 19 heavy (non-hydrogen) atoms. The molecule has 0 unspecified atom stereocenters.